The van der Waals surface area contributed by atoms with Crippen molar-refractivity contribution in [3.8, 4) is 0 Å². The number of hydrogen-bond acceptors (Lipinski definition) is 2. The Bertz CT molecular complexity index is 361. The van der Waals surface area contributed by atoms with Gasteiger partial charge >= 0.3 is 0 Å². The topological polar surface area (TPSA) is 46.2 Å². The van der Waals surface area contributed by atoms with Crippen molar-refractivity contribution in [1.82, 2.24) is 0 Å². The van der Waals surface area contributed by atoms with Crippen LogP contribution in [0.3, 0.4) is 0 Å². The molecule has 1 aromatic carbocycles. The number of nitrogen functional groups attached to an aromatic ring is 1. The van der Waals surface area contributed by atoms with Gasteiger partial charge in [-0.2, -0.15) is 0 Å². The summed E-state index contributed by atoms with van der Waals surface area (Å²) in [5.41, 5.74) is 9.30. The third-order valence-electron chi connectivity index (χ3n) is 3.56. The molecule has 2 bridgehead atoms. The molecule has 2 aliphatic rings. The Morgan fingerprint density at radius 2 is 2.00 bits per heavy atom. The highest BCUT2D eigenvalue weighted by Gasteiger charge is 2.45. The SMILES string of the molecule is Nc1cccc2c1C1CCC2C1O. The number of nitrogens with two attached hydrogens (primary N) is 1. The first-order valence-electron chi connectivity index (χ1n) is 4.85. The molecule has 0 amide bonds. The number of aliphatic hydroxyl groups is 1. The van der Waals surface area contributed by atoms with E-state index in [1.807, 2.05) is 12.1 Å². The molecule has 0 saturated heterocycles. The van der Waals surface area contributed by atoms with Gasteiger partial charge in [0.1, 0.15) is 0 Å². The third kappa shape index (κ3) is 0.767. The van der Waals surface area contributed by atoms with Gasteiger partial charge in [-0.25, -0.2) is 0 Å². The highest BCUT2D eigenvalue weighted by molar-refractivity contribution is 5.59. The van der Waals surface area contributed by atoms with Gasteiger partial charge in [-0.3, -0.25) is 0 Å². The van der Waals surface area contributed by atoms with E-state index in [0.29, 0.717) is 11.8 Å². The number of anilines is 1. The average molecular weight is 175 g/mol. The molecule has 0 radical (unpaired) electrons. The molecular weight excluding hydrogens is 162 g/mol. The minimum absolute atomic E-state index is 0.167. The third-order valence-corrected chi connectivity index (χ3v) is 3.56. The van der Waals surface area contributed by atoms with Gasteiger partial charge < -0.3 is 10.8 Å². The average Bonchev–Trinajstić information content (AvgIpc) is 2.61. The van der Waals surface area contributed by atoms with Crippen LogP contribution >= 0.6 is 0 Å². The molecule has 3 unspecified atom stereocenters. The normalized spacial score (nSPS) is 35.0. The van der Waals surface area contributed by atoms with Crippen LogP contribution in [0.5, 0.6) is 0 Å². The predicted molar refractivity (Wildman–Crippen MR) is 51.6 cm³/mol. The van der Waals surface area contributed by atoms with Crippen molar-refractivity contribution in [2.75, 3.05) is 5.73 Å². The molecule has 2 aliphatic carbocycles. The Kier molecular flexibility index (Phi) is 1.29. The first-order valence-corrected chi connectivity index (χ1v) is 4.85. The van der Waals surface area contributed by atoms with Crippen LogP contribution in [-0.4, -0.2) is 11.2 Å². The fourth-order valence-electron chi connectivity index (χ4n) is 2.99. The molecule has 2 heteroatoms. The van der Waals surface area contributed by atoms with E-state index in [4.69, 9.17) is 5.73 Å². The fraction of sp³-hybridized carbons (Fsp3) is 0.455. The number of benzene rings is 1. The lowest BCUT2D eigenvalue weighted by Crippen LogP contribution is -2.09. The number of hydrogen-bond donors (Lipinski definition) is 2. The zero-order chi connectivity index (χ0) is 9.00. The number of fused-ring (bicyclic) bond motifs is 5. The van der Waals surface area contributed by atoms with Crippen LogP contribution in [0.25, 0.3) is 0 Å². The van der Waals surface area contributed by atoms with Crippen molar-refractivity contribution in [3.63, 3.8) is 0 Å². The van der Waals surface area contributed by atoms with Crippen LogP contribution in [0.15, 0.2) is 18.2 Å². The van der Waals surface area contributed by atoms with Crippen LogP contribution in [0.2, 0.25) is 0 Å². The molecule has 1 aromatic rings. The molecule has 1 fully saturated rings. The first-order chi connectivity index (χ1) is 6.29. The highest BCUT2D eigenvalue weighted by Crippen LogP contribution is 2.54. The summed E-state index contributed by atoms with van der Waals surface area (Å²) in [6.45, 7) is 0. The van der Waals surface area contributed by atoms with Crippen LogP contribution in [0.4, 0.5) is 5.69 Å². The van der Waals surface area contributed by atoms with Crippen LogP contribution in [0.1, 0.15) is 35.8 Å². The van der Waals surface area contributed by atoms with E-state index >= 15 is 0 Å². The summed E-state index contributed by atoms with van der Waals surface area (Å²) < 4.78 is 0. The van der Waals surface area contributed by atoms with Crippen molar-refractivity contribution in [1.29, 1.82) is 0 Å². The second kappa shape index (κ2) is 2.26. The van der Waals surface area contributed by atoms with Gasteiger partial charge in [0.05, 0.1) is 6.10 Å². The summed E-state index contributed by atoms with van der Waals surface area (Å²) in [6, 6.07) is 6.03. The quantitative estimate of drug-likeness (QED) is 0.588. The molecule has 0 aromatic heterocycles. The van der Waals surface area contributed by atoms with Crippen molar-refractivity contribution in [2.45, 2.75) is 30.8 Å². The molecule has 13 heavy (non-hydrogen) atoms. The van der Waals surface area contributed by atoms with Crippen molar-refractivity contribution in [3.05, 3.63) is 29.3 Å². The van der Waals surface area contributed by atoms with Gasteiger partial charge in [-0.05, 0) is 30.0 Å². The summed E-state index contributed by atoms with van der Waals surface area (Å²) >= 11 is 0. The summed E-state index contributed by atoms with van der Waals surface area (Å²) in [6.07, 6.45) is 2.06. The van der Waals surface area contributed by atoms with Gasteiger partial charge in [0.25, 0.3) is 0 Å². The Hall–Kier alpha value is -1.02. The van der Waals surface area contributed by atoms with E-state index < -0.39 is 0 Å². The van der Waals surface area contributed by atoms with Crippen LogP contribution < -0.4 is 5.73 Å². The van der Waals surface area contributed by atoms with Gasteiger partial charge in [-0.1, -0.05) is 12.1 Å². The summed E-state index contributed by atoms with van der Waals surface area (Å²) in [5, 5.41) is 9.92. The van der Waals surface area contributed by atoms with Gasteiger partial charge in [0, 0.05) is 17.5 Å². The largest absolute Gasteiger partial charge is 0.398 e. The predicted octanol–water partition coefficient (Wildman–Crippen LogP) is 1.60. The van der Waals surface area contributed by atoms with Crippen LogP contribution in [0, 0.1) is 0 Å². The molecular formula is C11H13NO. The zero-order valence-corrected chi connectivity index (χ0v) is 7.40. The zero-order valence-electron chi connectivity index (χ0n) is 7.40. The molecule has 3 atom stereocenters. The van der Waals surface area contributed by atoms with E-state index in [0.717, 1.165) is 18.5 Å². The maximum absolute atomic E-state index is 9.92. The molecule has 3 N–H and O–H groups in total. The molecule has 3 rings (SSSR count). The Morgan fingerprint density at radius 1 is 1.23 bits per heavy atom. The molecule has 0 heterocycles. The van der Waals surface area contributed by atoms with E-state index in [-0.39, 0.29) is 6.10 Å². The van der Waals surface area contributed by atoms with Crippen molar-refractivity contribution in [2.24, 2.45) is 0 Å². The van der Waals surface area contributed by atoms with E-state index in [1.54, 1.807) is 0 Å². The van der Waals surface area contributed by atoms with E-state index in [9.17, 15) is 5.11 Å². The van der Waals surface area contributed by atoms with Crippen LogP contribution in [-0.2, 0) is 0 Å². The first kappa shape index (κ1) is 7.39. The maximum Gasteiger partial charge on any atom is 0.0678 e. The molecule has 0 spiro atoms. The second-order valence-electron chi connectivity index (χ2n) is 4.13. The number of aliphatic hydroxyl groups excluding tert-OH is 1. The lowest BCUT2D eigenvalue weighted by Gasteiger charge is -2.15. The van der Waals surface area contributed by atoms with Gasteiger partial charge in [-0.15, -0.1) is 0 Å². The fourth-order valence-corrected chi connectivity index (χ4v) is 2.99. The number of rotatable bonds is 0. The summed E-state index contributed by atoms with van der Waals surface area (Å²) in [7, 11) is 0. The highest BCUT2D eigenvalue weighted by atomic mass is 16.3. The van der Waals surface area contributed by atoms with Crippen molar-refractivity contribution >= 4 is 5.69 Å². The van der Waals surface area contributed by atoms with Gasteiger partial charge in [0.2, 0.25) is 0 Å². The minimum atomic E-state index is -0.167. The molecule has 68 valence electrons. The Balaban J connectivity index is 2.24. The summed E-state index contributed by atoms with van der Waals surface area (Å²) in [5.74, 6) is 0.685. The molecule has 2 nitrogen and oxygen atoms in total. The minimum Gasteiger partial charge on any atom is -0.398 e. The van der Waals surface area contributed by atoms with E-state index in [2.05, 4.69) is 6.07 Å². The monoisotopic (exact) mass is 175 g/mol. The summed E-state index contributed by atoms with van der Waals surface area (Å²) in [4.78, 5) is 0. The van der Waals surface area contributed by atoms with Crippen molar-refractivity contribution < 1.29 is 5.11 Å². The standard InChI is InChI=1S/C11H13NO/c12-9-3-1-2-6-7-4-5-8(10(6)9)11(7)13/h1-3,7-8,11,13H,4-5,12H2. The maximum atomic E-state index is 9.92. The Morgan fingerprint density at radius 3 is 2.77 bits per heavy atom. The Labute approximate surface area is 77.4 Å². The lowest BCUT2D eigenvalue weighted by atomic mass is 9.91. The molecule has 0 aliphatic heterocycles. The second-order valence-corrected chi connectivity index (χ2v) is 4.13. The smallest absolute Gasteiger partial charge is 0.0678 e. The molecule has 1 saturated carbocycles. The van der Waals surface area contributed by atoms with E-state index in [1.165, 1.54) is 11.1 Å². The van der Waals surface area contributed by atoms with Gasteiger partial charge in [0.15, 0.2) is 0 Å². The lowest BCUT2D eigenvalue weighted by molar-refractivity contribution is 0.159.